The van der Waals surface area contributed by atoms with Crippen LogP contribution in [0.25, 0.3) is 10.8 Å². The summed E-state index contributed by atoms with van der Waals surface area (Å²) in [4.78, 5) is 11.2. The van der Waals surface area contributed by atoms with Crippen molar-refractivity contribution < 1.29 is 23.2 Å². The fourth-order valence-electron chi connectivity index (χ4n) is 3.69. The molecule has 8 heteroatoms. The standard InChI is InChI=1S/C21H14F2N2O4/c1-28-20-9-14-11(6-12(20)10-24)2-5-19-15(14)8-18(25(26)27)21(29-19)16-7-13(22)3-4-17(16)23/h2-7,9,18,21H,8H2,1H3/t18-,21+/m1/s1. The highest BCUT2D eigenvalue weighted by atomic mass is 19.1. The molecule has 0 fully saturated rings. The largest absolute Gasteiger partial charge is 0.495 e. The molecule has 1 aliphatic rings. The summed E-state index contributed by atoms with van der Waals surface area (Å²) in [5, 5.41) is 22.3. The number of hydrogen-bond donors (Lipinski definition) is 0. The molecule has 1 aliphatic heterocycles. The van der Waals surface area contributed by atoms with Crippen LogP contribution in [0.3, 0.4) is 0 Å². The summed E-state index contributed by atoms with van der Waals surface area (Å²) < 4.78 is 39.0. The van der Waals surface area contributed by atoms with Crippen LogP contribution < -0.4 is 9.47 Å². The third-order valence-corrected chi connectivity index (χ3v) is 5.08. The average Bonchev–Trinajstić information content (AvgIpc) is 2.73. The molecule has 1 heterocycles. The molecule has 0 saturated carbocycles. The van der Waals surface area contributed by atoms with Gasteiger partial charge in [-0.05, 0) is 47.2 Å². The van der Waals surface area contributed by atoms with E-state index in [9.17, 15) is 24.2 Å². The van der Waals surface area contributed by atoms with Crippen LogP contribution in [0.1, 0.15) is 22.8 Å². The third kappa shape index (κ3) is 3.10. The van der Waals surface area contributed by atoms with Crippen LogP contribution in [-0.4, -0.2) is 18.1 Å². The topological polar surface area (TPSA) is 85.4 Å². The summed E-state index contributed by atoms with van der Waals surface area (Å²) in [7, 11) is 1.43. The summed E-state index contributed by atoms with van der Waals surface area (Å²) in [6, 6.07) is 10.1. The van der Waals surface area contributed by atoms with E-state index in [0.29, 0.717) is 33.4 Å². The van der Waals surface area contributed by atoms with Gasteiger partial charge in [0.1, 0.15) is 29.2 Å². The van der Waals surface area contributed by atoms with Gasteiger partial charge in [0.15, 0.2) is 6.10 Å². The molecular weight excluding hydrogens is 382 g/mol. The second-order valence-electron chi connectivity index (χ2n) is 6.69. The monoisotopic (exact) mass is 396 g/mol. The third-order valence-electron chi connectivity index (χ3n) is 5.08. The predicted molar refractivity (Wildman–Crippen MR) is 99.4 cm³/mol. The van der Waals surface area contributed by atoms with Crippen molar-refractivity contribution in [3.8, 4) is 17.6 Å². The lowest BCUT2D eigenvalue weighted by Gasteiger charge is -2.30. The first-order chi connectivity index (χ1) is 13.9. The molecule has 0 aromatic heterocycles. The van der Waals surface area contributed by atoms with E-state index in [0.717, 1.165) is 18.2 Å². The van der Waals surface area contributed by atoms with Gasteiger partial charge in [-0.1, -0.05) is 6.07 Å². The number of methoxy groups -OCH3 is 1. The summed E-state index contributed by atoms with van der Waals surface area (Å²) in [6.45, 7) is 0. The maximum absolute atomic E-state index is 14.3. The zero-order valence-corrected chi connectivity index (χ0v) is 15.2. The molecule has 2 atom stereocenters. The molecule has 0 amide bonds. The van der Waals surface area contributed by atoms with Gasteiger partial charge < -0.3 is 9.47 Å². The van der Waals surface area contributed by atoms with Gasteiger partial charge in [-0.3, -0.25) is 10.1 Å². The highest BCUT2D eigenvalue weighted by Crippen LogP contribution is 2.42. The van der Waals surface area contributed by atoms with Crippen LogP contribution >= 0.6 is 0 Å². The summed E-state index contributed by atoms with van der Waals surface area (Å²) in [5.41, 5.74) is 0.692. The number of fused-ring (bicyclic) bond motifs is 3. The predicted octanol–water partition coefficient (Wildman–Crippen LogP) is 4.32. The van der Waals surface area contributed by atoms with Crippen molar-refractivity contribution in [3.63, 3.8) is 0 Å². The Morgan fingerprint density at radius 3 is 2.72 bits per heavy atom. The quantitative estimate of drug-likeness (QED) is 0.486. The number of hydrogen-bond acceptors (Lipinski definition) is 5. The van der Waals surface area contributed by atoms with Gasteiger partial charge in [0.25, 0.3) is 6.04 Å². The van der Waals surface area contributed by atoms with E-state index in [2.05, 4.69) is 0 Å². The zero-order valence-electron chi connectivity index (χ0n) is 15.2. The second kappa shape index (κ2) is 7.02. The molecule has 0 N–H and O–H groups in total. The first-order valence-electron chi connectivity index (χ1n) is 8.71. The molecule has 6 nitrogen and oxygen atoms in total. The number of ether oxygens (including phenoxy) is 2. The Balaban J connectivity index is 1.88. The molecule has 0 bridgehead atoms. The summed E-state index contributed by atoms with van der Waals surface area (Å²) >= 11 is 0. The average molecular weight is 396 g/mol. The Morgan fingerprint density at radius 2 is 2.03 bits per heavy atom. The number of benzene rings is 3. The smallest absolute Gasteiger partial charge is 0.257 e. The molecule has 3 aromatic carbocycles. The van der Waals surface area contributed by atoms with Crippen LogP contribution in [0.4, 0.5) is 8.78 Å². The fourth-order valence-corrected chi connectivity index (χ4v) is 3.69. The normalized spacial score (nSPS) is 17.9. The molecular formula is C21H14F2N2O4. The Kier molecular flexibility index (Phi) is 4.51. The molecule has 0 aliphatic carbocycles. The van der Waals surface area contributed by atoms with Gasteiger partial charge in [0, 0.05) is 22.5 Å². The van der Waals surface area contributed by atoms with E-state index in [-0.39, 0.29) is 12.0 Å². The van der Waals surface area contributed by atoms with Crippen molar-refractivity contribution in [1.82, 2.24) is 0 Å². The van der Waals surface area contributed by atoms with Crippen molar-refractivity contribution in [2.45, 2.75) is 18.6 Å². The second-order valence-corrected chi connectivity index (χ2v) is 6.69. The lowest BCUT2D eigenvalue weighted by molar-refractivity contribution is -0.535. The van der Waals surface area contributed by atoms with Crippen LogP contribution in [0.15, 0.2) is 42.5 Å². The molecule has 0 saturated heterocycles. The number of halogens is 2. The molecule has 4 rings (SSSR count). The summed E-state index contributed by atoms with van der Waals surface area (Å²) in [6.07, 6.45) is -1.32. The molecule has 0 unspecified atom stereocenters. The Labute approximate surface area is 164 Å². The van der Waals surface area contributed by atoms with E-state index in [4.69, 9.17) is 9.47 Å². The van der Waals surface area contributed by atoms with Crippen LogP contribution in [-0.2, 0) is 6.42 Å². The SMILES string of the molecule is COc1cc2c3c(ccc2cc1C#N)O[C@@H](c1cc(F)ccc1F)[C@H]([N+](=O)[O-])C3. The number of rotatable bonds is 3. The number of nitro groups is 1. The molecule has 146 valence electrons. The first-order valence-corrected chi connectivity index (χ1v) is 8.71. The van der Waals surface area contributed by atoms with Gasteiger partial charge in [-0.2, -0.15) is 5.26 Å². The van der Waals surface area contributed by atoms with Crippen LogP contribution in [0, 0.1) is 33.1 Å². The van der Waals surface area contributed by atoms with Crippen molar-refractivity contribution in [2.75, 3.05) is 7.11 Å². The molecule has 29 heavy (non-hydrogen) atoms. The minimum atomic E-state index is -1.31. The van der Waals surface area contributed by atoms with E-state index in [1.165, 1.54) is 7.11 Å². The zero-order chi connectivity index (χ0) is 20.7. The van der Waals surface area contributed by atoms with E-state index in [1.54, 1.807) is 24.3 Å². The fraction of sp³-hybridized carbons (Fsp3) is 0.190. The minimum absolute atomic E-state index is 0.0463. The highest BCUT2D eigenvalue weighted by molar-refractivity contribution is 5.91. The van der Waals surface area contributed by atoms with Crippen LogP contribution in [0.5, 0.6) is 11.5 Å². The van der Waals surface area contributed by atoms with Crippen molar-refractivity contribution >= 4 is 10.8 Å². The lowest BCUT2D eigenvalue weighted by atomic mass is 9.89. The van der Waals surface area contributed by atoms with Crippen molar-refractivity contribution in [3.05, 3.63) is 80.9 Å². The van der Waals surface area contributed by atoms with Crippen molar-refractivity contribution in [2.24, 2.45) is 0 Å². The first kappa shape index (κ1) is 18.6. The summed E-state index contributed by atoms with van der Waals surface area (Å²) in [5.74, 6) is -0.793. The van der Waals surface area contributed by atoms with Crippen molar-refractivity contribution in [1.29, 1.82) is 5.26 Å². The highest BCUT2D eigenvalue weighted by Gasteiger charge is 2.42. The maximum Gasteiger partial charge on any atom is 0.257 e. The molecule has 0 radical (unpaired) electrons. The van der Waals surface area contributed by atoms with Gasteiger partial charge in [0.05, 0.1) is 12.7 Å². The van der Waals surface area contributed by atoms with Gasteiger partial charge >= 0.3 is 0 Å². The maximum atomic E-state index is 14.3. The van der Waals surface area contributed by atoms with E-state index < -0.39 is 28.7 Å². The van der Waals surface area contributed by atoms with Gasteiger partial charge in [-0.15, -0.1) is 0 Å². The van der Waals surface area contributed by atoms with Crippen LogP contribution in [0.2, 0.25) is 0 Å². The Hall–Kier alpha value is -3.73. The van der Waals surface area contributed by atoms with Gasteiger partial charge in [0.2, 0.25) is 0 Å². The van der Waals surface area contributed by atoms with E-state index >= 15 is 0 Å². The van der Waals surface area contributed by atoms with Gasteiger partial charge in [-0.25, -0.2) is 8.78 Å². The molecule has 3 aromatic rings. The molecule has 0 spiro atoms. The minimum Gasteiger partial charge on any atom is -0.495 e. The lowest BCUT2D eigenvalue weighted by Crippen LogP contribution is -2.37. The Bertz CT molecular complexity index is 1190. The number of nitrogens with zero attached hydrogens (tertiary/aromatic N) is 2. The Morgan fingerprint density at radius 1 is 1.24 bits per heavy atom. The van der Waals surface area contributed by atoms with E-state index in [1.807, 2.05) is 6.07 Å². The number of nitriles is 1.